The molecule has 1 saturated heterocycles. The zero-order chi connectivity index (χ0) is 7.40. The highest BCUT2D eigenvalue weighted by atomic mass is 35.5. The third kappa shape index (κ3) is 3.20. The van der Waals surface area contributed by atoms with Gasteiger partial charge in [0, 0.05) is 0 Å². The highest BCUT2D eigenvalue weighted by Gasteiger charge is 2.18. The van der Waals surface area contributed by atoms with Crippen LogP contribution in [0.4, 0.5) is 0 Å². The molecule has 0 spiro atoms. The van der Waals surface area contributed by atoms with Crippen LogP contribution >= 0.6 is 22.9 Å². The molecule has 0 aromatic heterocycles. The van der Waals surface area contributed by atoms with Crippen molar-refractivity contribution in [1.29, 1.82) is 0 Å². The number of halogens is 2. The number of hydrogen-bond acceptors (Lipinski definition) is 0. The van der Waals surface area contributed by atoms with E-state index in [1.165, 1.54) is 12.8 Å². The van der Waals surface area contributed by atoms with Crippen molar-refractivity contribution in [2.45, 2.75) is 38.1 Å². The second kappa shape index (κ2) is 4.56. The zero-order valence-corrected chi connectivity index (χ0v) is 7.67. The van der Waals surface area contributed by atoms with E-state index in [9.17, 15) is 0 Å². The lowest BCUT2D eigenvalue weighted by atomic mass is 9.56. The van der Waals surface area contributed by atoms with Gasteiger partial charge in [0.1, 0.15) is 0 Å². The van der Waals surface area contributed by atoms with Crippen molar-refractivity contribution < 1.29 is 0 Å². The first kappa shape index (κ1) is 8.80. The molecule has 0 saturated carbocycles. The molecule has 1 heterocycles. The first-order valence-corrected chi connectivity index (χ1v) is 4.94. The highest BCUT2D eigenvalue weighted by molar-refractivity contribution is 7.08. The Bertz CT molecular complexity index is 79.7. The average Bonchev–Trinajstić information content (AvgIpc) is 1.84. The molecule has 0 aromatic rings. The lowest BCUT2D eigenvalue weighted by molar-refractivity contribution is 0.961. The molecule has 0 N–H and O–H groups in total. The number of hydrogen-bond donors (Lipinski definition) is 0. The molecular formula is C6H12B2Cl2. The Morgan fingerprint density at radius 2 is 1.00 bits per heavy atom. The van der Waals surface area contributed by atoms with Gasteiger partial charge >= 0.3 is 0 Å². The summed E-state index contributed by atoms with van der Waals surface area (Å²) in [7, 11) is 0. The molecule has 1 aliphatic heterocycles. The molecule has 10 heavy (non-hydrogen) atoms. The average molecular weight is 177 g/mol. The van der Waals surface area contributed by atoms with Gasteiger partial charge in [0.25, 0.3) is 12.3 Å². The van der Waals surface area contributed by atoms with Crippen LogP contribution in [0.5, 0.6) is 0 Å². The summed E-state index contributed by atoms with van der Waals surface area (Å²) >= 11 is 12.0. The van der Waals surface area contributed by atoms with Crippen LogP contribution < -0.4 is 0 Å². The maximum atomic E-state index is 6.00. The maximum Gasteiger partial charge on any atom is 0.250 e. The van der Waals surface area contributed by atoms with Gasteiger partial charge in [0.05, 0.1) is 0 Å². The summed E-state index contributed by atoms with van der Waals surface area (Å²) < 4.78 is 0. The molecule has 0 unspecified atom stereocenters. The summed E-state index contributed by atoms with van der Waals surface area (Å²) in [6.45, 7) is 0. The fourth-order valence-corrected chi connectivity index (χ4v) is 2.03. The summed E-state index contributed by atoms with van der Waals surface area (Å²) in [6.07, 6.45) is 7.89. The van der Waals surface area contributed by atoms with Crippen LogP contribution in [0.3, 0.4) is 0 Å². The Morgan fingerprint density at radius 3 is 1.30 bits per heavy atom. The molecule has 56 valence electrons. The fraction of sp³-hybridized carbons (Fsp3) is 1.00. The minimum Gasteiger partial charge on any atom is -0.196 e. The molecule has 0 atom stereocenters. The molecular weight excluding hydrogens is 165 g/mol. The van der Waals surface area contributed by atoms with E-state index >= 15 is 0 Å². The van der Waals surface area contributed by atoms with Crippen LogP contribution in [0.15, 0.2) is 0 Å². The second-order valence-corrected chi connectivity index (χ2v) is 4.29. The minimum absolute atomic E-state index is 0.421. The van der Waals surface area contributed by atoms with E-state index in [4.69, 9.17) is 22.9 Å². The van der Waals surface area contributed by atoms with Crippen molar-refractivity contribution in [2.24, 2.45) is 0 Å². The van der Waals surface area contributed by atoms with Gasteiger partial charge in [-0.25, -0.2) is 0 Å². The Balaban J connectivity index is 2.21. The molecule has 0 aromatic carbocycles. The van der Waals surface area contributed by atoms with Gasteiger partial charge in [-0.3, -0.25) is 0 Å². The minimum atomic E-state index is 0.421. The van der Waals surface area contributed by atoms with E-state index in [1.807, 2.05) is 0 Å². The smallest absolute Gasteiger partial charge is 0.196 e. The van der Waals surface area contributed by atoms with Gasteiger partial charge in [0.15, 0.2) is 0 Å². The predicted octanol–water partition coefficient (Wildman–Crippen LogP) is 3.24. The first-order chi connectivity index (χ1) is 4.79. The third-order valence-corrected chi connectivity index (χ3v) is 2.94. The van der Waals surface area contributed by atoms with E-state index in [1.54, 1.807) is 0 Å². The van der Waals surface area contributed by atoms with Crippen LogP contribution in [0.25, 0.3) is 0 Å². The van der Waals surface area contributed by atoms with Gasteiger partial charge in [-0.2, -0.15) is 22.9 Å². The van der Waals surface area contributed by atoms with E-state index in [0.717, 1.165) is 25.3 Å². The van der Waals surface area contributed by atoms with Gasteiger partial charge in [-0.15, -0.1) is 0 Å². The fourth-order valence-electron chi connectivity index (χ4n) is 1.41. The highest BCUT2D eigenvalue weighted by Crippen LogP contribution is 2.22. The molecule has 4 heteroatoms. The van der Waals surface area contributed by atoms with Crippen molar-refractivity contribution in [3.8, 4) is 0 Å². The van der Waals surface area contributed by atoms with Crippen molar-refractivity contribution in [1.82, 2.24) is 0 Å². The van der Waals surface area contributed by atoms with E-state index in [0.29, 0.717) is 12.3 Å². The van der Waals surface area contributed by atoms with Crippen molar-refractivity contribution in [2.75, 3.05) is 0 Å². The summed E-state index contributed by atoms with van der Waals surface area (Å²) in [5.74, 6) is 0. The molecule has 0 radical (unpaired) electrons. The molecule has 1 fully saturated rings. The summed E-state index contributed by atoms with van der Waals surface area (Å²) in [5, 5.41) is 0. The Hall–Kier alpha value is 0.710. The lowest BCUT2D eigenvalue weighted by Crippen LogP contribution is -2.12. The Morgan fingerprint density at radius 1 is 0.700 bits per heavy atom. The van der Waals surface area contributed by atoms with Crippen LogP contribution in [-0.4, -0.2) is 12.3 Å². The lowest BCUT2D eigenvalue weighted by Gasteiger charge is -2.12. The largest absolute Gasteiger partial charge is 0.250 e. The van der Waals surface area contributed by atoms with E-state index < -0.39 is 0 Å². The summed E-state index contributed by atoms with van der Waals surface area (Å²) in [6, 6.07) is 0. The van der Waals surface area contributed by atoms with Crippen molar-refractivity contribution >= 4 is 35.2 Å². The molecule has 0 bridgehead atoms. The van der Waals surface area contributed by atoms with Crippen LogP contribution in [-0.2, 0) is 0 Å². The Kier molecular flexibility index (Phi) is 4.01. The van der Waals surface area contributed by atoms with Crippen LogP contribution in [0.1, 0.15) is 12.8 Å². The maximum absolute atomic E-state index is 6.00. The van der Waals surface area contributed by atoms with Gasteiger partial charge in [-0.05, 0) is 0 Å². The monoisotopic (exact) mass is 176 g/mol. The van der Waals surface area contributed by atoms with Gasteiger partial charge < -0.3 is 0 Å². The molecule has 0 aliphatic carbocycles. The molecule has 0 nitrogen and oxygen atoms in total. The first-order valence-electron chi connectivity index (χ1n) is 4.07. The van der Waals surface area contributed by atoms with Gasteiger partial charge in [-0.1, -0.05) is 38.1 Å². The Labute approximate surface area is 73.6 Å². The van der Waals surface area contributed by atoms with E-state index in [-0.39, 0.29) is 0 Å². The molecule has 0 amide bonds. The van der Waals surface area contributed by atoms with Crippen molar-refractivity contribution in [3.63, 3.8) is 0 Å². The van der Waals surface area contributed by atoms with E-state index in [2.05, 4.69) is 0 Å². The molecule has 1 aliphatic rings. The summed E-state index contributed by atoms with van der Waals surface area (Å²) in [4.78, 5) is 0. The SMILES string of the molecule is ClB1CCCB(Cl)CCC1. The standard InChI is InChI=1S/C6H12B2Cl2/c9-7-3-1-4-8(10)6-2-5-7/h1-6H2. The number of rotatable bonds is 0. The zero-order valence-electron chi connectivity index (χ0n) is 6.15. The van der Waals surface area contributed by atoms with Crippen LogP contribution in [0.2, 0.25) is 25.3 Å². The topological polar surface area (TPSA) is 0 Å². The quantitative estimate of drug-likeness (QED) is 0.497. The molecule has 1 rings (SSSR count). The predicted molar refractivity (Wildman–Crippen MR) is 51.7 cm³/mol. The summed E-state index contributed by atoms with van der Waals surface area (Å²) in [5.41, 5.74) is 0. The third-order valence-electron chi connectivity index (χ3n) is 2.07. The second-order valence-electron chi connectivity index (χ2n) is 3.06. The normalized spacial score (nSPS) is 22.2. The van der Waals surface area contributed by atoms with Gasteiger partial charge in [0.2, 0.25) is 0 Å². The van der Waals surface area contributed by atoms with Crippen molar-refractivity contribution in [3.05, 3.63) is 0 Å². The van der Waals surface area contributed by atoms with Crippen LogP contribution in [0, 0.1) is 0 Å².